The minimum absolute atomic E-state index is 0.253. The van der Waals surface area contributed by atoms with E-state index in [0.717, 1.165) is 0 Å². The van der Waals surface area contributed by atoms with Crippen LogP contribution in [0.4, 0.5) is 5.69 Å². The molecule has 0 aromatic heterocycles. The molecule has 118 valence electrons. The van der Waals surface area contributed by atoms with Crippen LogP contribution in [-0.2, 0) is 19.0 Å². The van der Waals surface area contributed by atoms with E-state index in [9.17, 15) is 4.79 Å². The van der Waals surface area contributed by atoms with Gasteiger partial charge in [-0.05, 0) is 12.1 Å². The van der Waals surface area contributed by atoms with E-state index in [0.29, 0.717) is 44.5 Å². The molecule has 1 aromatic carbocycles. The number of para-hydroxylation sites is 2. The second-order valence-corrected chi connectivity index (χ2v) is 4.06. The van der Waals surface area contributed by atoms with E-state index < -0.39 is 5.97 Å². The zero-order valence-corrected chi connectivity index (χ0v) is 11.8. The quantitative estimate of drug-likeness (QED) is 0.434. The van der Waals surface area contributed by atoms with Crippen LogP contribution in [0.15, 0.2) is 24.3 Å². The predicted molar refractivity (Wildman–Crippen MR) is 76.4 cm³/mol. The zero-order valence-electron chi connectivity index (χ0n) is 11.8. The summed E-state index contributed by atoms with van der Waals surface area (Å²) in [5.74, 6) is -0.342. The molecule has 0 radical (unpaired) electrons. The SMILES string of the molecule is Nc1ccccc1OCCOCCOCCOCC(=O)O. The number of anilines is 1. The van der Waals surface area contributed by atoms with Gasteiger partial charge in [0, 0.05) is 0 Å². The summed E-state index contributed by atoms with van der Waals surface area (Å²) in [6.45, 7) is 2.00. The molecule has 1 aromatic rings. The van der Waals surface area contributed by atoms with E-state index in [4.69, 9.17) is 29.8 Å². The second-order valence-electron chi connectivity index (χ2n) is 4.06. The van der Waals surface area contributed by atoms with E-state index in [1.807, 2.05) is 12.1 Å². The molecule has 3 N–H and O–H groups in total. The number of carboxylic acids is 1. The molecule has 0 atom stereocenters. The molecule has 7 heteroatoms. The lowest BCUT2D eigenvalue weighted by Crippen LogP contribution is -2.14. The maximum absolute atomic E-state index is 10.2. The number of hydrogen-bond acceptors (Lipinski definition) is 6. The highest BCUT2D eigenvalue weighted by molar-refractivity contribution is 5.67. The molecule has 0 saturated carbocycles. The fourth-order valence-electron chi connectivity index (χ4n) is 1.42. The highest BCUT2D eigenvalue weighted by Crippen LogP contribution is 2.19. The highest BCUT2D eigenvalue weighted by Gasteiger charge is 1.98. The Morgan fingerprint density at radius 3 is 2.14 bits per heavy atom. The van der Waals surface area contributed by atoms with Gasteiger partial charge in [-0.2, -0.15) is 0 Å². The molecule has 0 saturated heterocycles. The van der Waals surface area contributed by atoms with Gasteiger partial charge < -0.3 is 29.8 Å². The Hall–Kier alpha value is -1.83. The molecular formula is C14H21NO6. The molecule has 0 spiro atoms. The molecule has 0 bridgehead atoms. The average Bonchev–Trinajstić information content (AvgIpc) is 2.46. The fraction of sp³-hybridized carbons (Fsp3) is 0.500. The molecule has 1 rings (SSSR count). The van der Waals surface area contributed by atoms with E-state index in [2.05, 4.69) is 0 Å². The Bertz CT molecular complexity index is 412. The summed E-state index contributed by atoms with van der Waals surface area (Å²) in [5.41, 5.74) is 6.32. The van der Waals surface area contributed by atoms with Gasteiger partial charge >= 0.3 is 5.97 Å². The van der Waals surface area contributed by atoms with Crippen LogP contribution in [0.25, 0.3) is 0 Å². The van der Waals surface area contributed by atoms with E-state index >= 15 is 0 Å². The Labute approximate surface area is 123 Å². The van der Waals surface area contributed by atoms with Crippen LogP contribution in [0, 0.1) is 0 Å². The third-order valence-corrected chi connectivity index (χ3v) is 2.37. The first-order chi connectivity index (χ1) is 10.2. The lowest BCUT2D eigenvalue weighted by molar-refractivity contribution is -0.142. The van der Waals surface area contributed by atoms with Gasteiger partial charge in [0.2, 0.25) is 0 Å². The number of ether oxygens (including phenoxy) is 4. The minimum Gasteiger partial charge on any atom is -0.489 e. The van der Waals surface area contributed by atoms with Gasteiger partial charge in [-0.3, -0.25) is 0 Å². The predicted octanol–water partition coefficient (Wildman–Crippen LogP) is 0.782. The summed E-state index contributed by atoms with van der Waals surface area (Å²) < 4.78 is 20.8. The van der Waals surface area contributed by atoms with Crippen molar-refractivity contribution in [2.75, 3.05) is 52.0 Å². The average molecular weight is 299 g/mol. The molecule has 0 heterocycles. The Balaban J connectivity index is 1.87. The van der Waals surface area contributed by atoms with Crippen molar-refractivity contribution in [1.82, 2.24) is 0 Å². The van der Waals surface area contributed by atoms with Gasteiger partial charge in [-0.15, -0.1) is 0 Å². The Kier molecular flexibility index (Phi) is 8.94. The summed E-state index contributed by atoms with van der Waals surface area (Å²) in [7, 11) is 0. The first kappa shape index (κ1) is 17.2. The molecule has 0 unspecified atom stereocenters. The lowest BCUT2D eigenvalue weighted by Gasteiger charge is -2.09. The molecule has 0 aliphatic rings. The van der Waals surface area contributed by atoms with E-state index in [1.165, 1.54) is 0 Å². The largest absolute Gasteiger partial charge is 0.489 e. The molecule has 21 heavy (non-hydrogen) atoms. The van der Waals surface area contributed by atoms with Crippen molar-refractivity contribution >= 4 is 11.7 Å². The van der Waals surface area contributed by atoms with Crippen LogP contribution in [0.5, 0.6) is 5.75 Å². The summed E-state index contributed by atoms with van der Waals surface area (Å²) in [4.78, 5) is 10.2. The minimum atomic E-state index is -0.989. The number of carbonyl (C=O) groups is 1. The number of rotatable bonds is 12. The number of aliphatic carboxylic acids is 1. The Morgan fingerprint density at radius 1 is 0.952 bits per heavy atom. The zero-order chi connectivity index (χ0) is 15.3. The third-order valence-electron chi connectivity index (χ3n) is 2.37. The van der Waals surface area contributed by atoms with Crippen LogP contribution in [0.2, 0.25) is 0 Å². The maximum atomic E-state index is 10.2. The van der Waals surface area contributed by atoms with E-state index in [1.54, 1.807) is 12.1 Å². The van der Waals surface area contributed by atoms with Crippen molar-refractivity contribution in [2.45, 2.75) is 0 Å². The van der Waals surface area contributed by atoms with Gasteiger partial charge in [0.1, 0.15) is 19.0 Å². The van der Waals surface area contributed by atoms with Crippen LogP contribution >= 0.6 is 0 Å². The van der Waals surface area contributed by atoms with Crippen molar-refractivity contribution in [1.29, 1.82) is 0 Å². The molecule has 0 aliphatic carbocycles. The number of nitrogens with two attached hydrogens (primary N) is 1. The van der Waals surface area contributed by atoms with Crippen LogP contribution in [-0.4, -0.2) is 57.3 Å². The molecule has 0 aliphatic heterocycles. The van der Waals surface area contributed by atoms with Crippen molar-refractivity contribution in [3.05, 3.63) is 24.3 Å². The first-order valence-corrected chi connectivity index (χ1v) is 6.62. The summed E-state index contributed by atoms with van der Waals surface area (Å²) in [6.07, 6.45) is 0. The molecule has 0 amide bonds. The second kappa shape index (κ2) is 10.9. The highest BCUT2D eigenvalue weighted by atomic mass is 16.6. The van der Waals surface area contributed by atoms with Gasteiger partial charge in [-0.25, -0.2) is 4.79 Å². The standard InChI is InChI=1S/C14H21NO6/c15-12-3-1-2-4-13(12)21-10-9-19-6-5-18-7-8-20-11-14(16)17/h1-4H,5-11,15H2,(H,16,17). The van der Waals surface area contributed by atoms with Crippen LogP contribution in [0.3, 0.4) is 0 Å². The molecule has 0 fully saturated rings. The normalized spacial score (nSPS) is 10.5. The van der Waals surface area contributed by atoms with Gasteiger partial charge in [0.15, 0.2) is 0 Å². The number of benzene rings is 1. The van der Waals surface area contributed by atoms with Gasteiger partial charge in [0.05, 0.1) is 38.7 Å². The van der Waals surface area contributed by atoms with Crippen molar-refractivity contribution in [2.24, 2.45) is 0 Å². The number of carboxylic acid groups (broad SMARTS) is 1. The van der Waals surface area contributed by atoms with Crippen LogP contribution < -0.4 is 10.5 Å². The van der Waals surface area contributed by atoms with Crippen LogP contribution in [0.1, 0.15) is 0 Å². The Morgan fingerprint density at radius 2 is 1.52 bits per heavy atom. The fourth-order valence-corrected chi connectivity index (χ4v) is 1.42. The van der Waals surface area contributed by atoms with E-state index in [-0.39, 0.29) is 13.2 Å². The van der Waals surface area contributed by atoms with Crippen molar-refractivity contribution < 1.29 is 28.8 Å². The van der Waals surface area contributed by atoms with Gasteiger partial charge in [0.25, 0.3) is 0 Å². The van der Waals surface area contributed by atoms with Crippen molar-refractivity contribution in [3.8, 4) is 5.75 Å². The lowest BCUT2D eigenvalue weighted by atomic mass is 10.3. The molecular weight excluding hydrogens is 278 g/mol. The van der Waals surface area contributed by atoms with Crippen molar-refractivity contribution in [3.63, 3.8) is 0 Å². The number of nitrogen functional groups attached to an aromatic ring is 1. The first-order valence-electron chi connectivity index (χ1n) is 6.62. The monoisotopic (exact) mass is 299 g/mol. The summed E-state index contributed by atoms with van der Waals surface area (Å²) in [6, 6.07) is 7.27. The summed E-state index contributed by atoms with van der Waals surface area (Å²) in [5, 5.41) is 8.33. The molecule has 7 nitrogen and oxygen atoms in total. The van der Waals surface area contributed by atoms with Gasteiger partial charge in [-0.1, -0.05) is 12.1 Å². The number of hydrogen-bond donors (Lipinski definition) is 2. The topological polar surface area (TPSA) is 100 Å². The smallest absolute Gasteiger partial charge is 0.329 e. The maximum Gasteiger partial charge on any atom is 0.329 e. The third kappa shape index (κ3) is 8.85. The summed E-state index contributed by atoms with van der Waals surface area (Å²) >= 11 is 0.